The van der Waals surface area contributed by atoms with Gasteiger partial charge in [0.15, 0.2) is 0 Å². The quantitative estimate of drug-likeness (QED) is 0.830. The fourth-order valence-corrected chi connectivity index (χ4v) is 3.11. The summed E-state index contributed by atoms with van der Waals surface area (Å²) < 4.78 is 0. The van der Waals surface area contributed by atoms with Crippen molar-refractivity contribution < 1.29 is 9.90 Å². The summed E-state index contributed by atoms with van der Waals surface area (Å²) in [7, 11) is 0. The Morgan fingerprint density at radius 1 is 1.42 bits per heavy atom. The van der Waals surface area contributed by atoms with Gasteiger partial charge in [0, 0.05) is 9.77 Å². The van der Waals surface area contributed by atoms with Crippen LogP contribution in [0.15, 0.2) is 46.7 Å². The predicted octanol–water partition coefficient (Wildman–Crippen LogP) is 3.42. The average molecular weight is 293 g/mol. The summed E-state index contributed by atoms with van der Waals surface area (Å²) in [4.78, 5) is 13.9. The maximum Gasteiger partial charge on any atom is 0.230 e. The molecule has 5 heteroatoms. The van der Waals surface area contributed by atoms with E-state index >= 15 is 0 Å². The number of thioether (sulfide) groups is 1. The second-order valence-electron chi connectivity index (χ2n) is 4.09. The van der Waals surface area contributed by atoms with Crippen LogP contribution in [0.4, 0.5) is 0 Å². The molecule has 2 aromatic rings. The van der Waals surface area contributed by atoms with E-state index in [1.807, 2.05) is 30.5 Å². The molecule has 1 heterocycles. The van der Waals surface area contributed by atoms with Crippen molar-refractivity contribution in [3.8, 4) is 5.75 Å². The van der Waals surface area contributed by atoms with Gasteiger partial charge in [-0.25, -0.2) is 0 Å². The zero-order chi connectivity index (χ0) is 13.7. The van der Waals surface area contributed by atoms with E-state index < -0.39 is 0 Å². The Labute approximate surface area is 120 Å². The molecule has 0 saturated carbocycles. The minimum absolute atomic E-state index is 0.00533. The number of benzene rings is 1. The fourth-order valence-electron chi connectivity index (χ4n) is 1.61. The summed E-state index contributed by atoms with van der Waals surface area (Å²) in [5.41, 5.74) is 0. The first-order valence-corrected chi connectivity index (χ1v) is 7.76. The second-order valence-corrected chi connectivity index (χ2v) is 6.12. The van der Waals surface area contributed by atoms with Gasteiger partial charge in [0.1, 0.15) is 5.75 Å². The Balaban J connectivity index is 1.82. The highest BCUT2D eigenvalue weighted by atomic mass is 32.2. The summed E-state index contributed by atoms with van der Waals surface area (Å²) in [6.45, 7) is 1.97. The molecule has 0 bridgehead atoms. The van der Waals surface area contributed by atoms with Crippen LogP contribution in [0.1, 0.15) is 17.8 Å². The van der Waals surface area contributed by atoms with Crippen LogP contribution >= 0.6 is 23.1 Å². The van der Waals surface area contributed by atoms with Gasteiger partial charge in [0.05, 0.1) is 11.8 Å². The number of carbonyl (C=O) groups excluding carboxylic acids is 1. The van der Waals surface area contributed by atoms with Crippen LogP contribution in [0.25, 0.3) is 0 Å². The zero-order valence-corrected chi connectivity index (χ0v) is 12.1. The number of phenols is 1. The third-order valence-electron chi connectivity index (χ3n) is 2.54. The van der Waals surface area contributed by atoms with Gasteiger partial charge in [0.2, 0.25) is 5.91 Å². The molecule has 0 spiro atoms. The van der Waals surface area contributed by atoms with Gasteiger partial charge < -0.3 is 10.4 Å². The summed E-state index contributed by atoms with van der Waals surface area (Å²) in [5, 5.41) is 14.3. The minimum atomic E-state index is -0.00533. The van der Waals surface area contributed by atoms with E-state index in [1.165, 1.54) is 11.8 Å². The lowest BCUT2D eigenvalue weighted by Crippen LogP contribution is -2.27. The molecule has 0 aliphatic rings. The fraction of sp³-hybridized carbons (Fsp3) is 0.214. The number of carbonyl (C=O) groups is 1. The minimum Gasteiger partial charge on any atom is -0.508 e. The molecule has 19 heavy (non-hydrogen) atoms. The molecule has 1 amide bonds. The molecule has 2 N–H and O–H groups in total. The van der Waals surface area contributed by atoms with E-state index in [0.29, 0.717) is 5.75 Å². The van der Waals surface area contributed by atoms with Gasteiger partial charge in [-0.3, -0.25) is 4.79 Å². The molecule has 1 aromatic carbocycles. The van der Waals surface area contributed by atoms with E-state index in [-0.39, 0.29) is 17.7 Å². The zero-order valence-electron chi connectivity index (χ0n) is 10.5. The van der Waals surface area contributed by atoms with Gasteiger partial charge in [-0.15, -0.1) is 23.1 Å². The first kappa shape index (κ1) is 14.0. The smallest absolute Gasteiger partial charge is 0.230 e. The second kappa shape index (κ2) is 6.63. The molecule has 1 aromatic heterocycles. The molecular formula is C14H15NO2S2. The lowest BCUT2D eigenvalue weighted by molar-refractivity contribution is -0.119. The summed E-state index contributed by atoms with van der Waals surface area (Å²) in [6, 6.07) is 10.9. The molecule has 0 aliphatic heterocycles. The highest BCUT2D eigenvalue weighted by Gasteiger charge is 2.10. The van der Waals surface area contributed by atoms with E-state index in [1.54, 1.807) is 29.5 Å². The Kier molecular flexibility index (Phi) is 4.87. The van der Waals surface area contributed by atoms with Crippen molar-refractivity contribution >= 4 is 29.0 Å². The third kappa shape index (κ3) is 4.29. The summed E-state index contributed by atoms with van der Waals surface area (Å²) >= 11 is 3.05. The number of hydrogen-bond acceptors (Lipinski definition) is 4. The van der Waals surface area contributed by atoms with Gasteiger partial charge >= 0.3 is 0 Å². The van der Waals surface area contributed by atoms with Crippen molar-refractivity contribution in [2.24, 2.45) is 0 Å². The summed E-state index contributed by atoms with van der Waals surface area (Å²) in [6.07, 6.45) is 0. The molecule has 0 aliphatic carbocycles. The Morgan fingerprint density at radius 2 is 2.26 bits per heavy atom. The van der Waals surface area contributed by atoms with E-state index in [9.17, 15) is 9.90 Å². The van der Waals surface area contributed by atoms with Crippen molar-refractivity contribution in [1.82, 2.24) is 5.32 Å². The molecular weight excluding hydrogens is 278 g/mol. The largest absolute Gasteiger partial charge is 0.508 e. The first-order valence-electron chi connectivity index (χ1n) is 5.90. The lowest BCUT2D eigenvalue weighted by Gasteiger charge is -2.11. The topological polar surface area (TPSA) is 49.3 Å². The van der Waals surface area contributed by atoms with Crippen LogP contribution in [-0.2, 0) is 4.79 Å². The number of amides is 1. The van der Waals surface area contributed by atoms with Crippen molar-refractivity contribution in [2.75, 3.05) is 5.75 Å². The molecule has 1 unspecified atom stereocenters. The van der Waals surface area contributed by atoms with Gasteiger partial charge in [-0.1, -0.05) is 12.1 Å². The van der Waals surface area contributed by atoms with E-state index in [4.69, 9.17) is 0 Å². The molecule has 1 atom stereocenters. The van der Waals surface area contributed by atoms with Crippen LogP contribution in [0.5, 0.6) is 5.75 Å². The number of nitrogens with one attached hydrogen (secondary N) is 1. The molecule has 0 fully saturated rings. The standard InChI is InChI=1S/C14H15NO2S2/c1-10(13-6-3-7-18-13)15-14(17)9-19-12-5-2-4-11(16)8-12/h2-8,10,16H,9H2,1H3,(H,15,17). The van der Waals surface area contributed by atoms with Gasteiger partial charge in [-0.05, 0) is 36.6 Å². The molecule has 2 rings (SSSR count). The molecule has 3 nitrogen and oxygen atoms in total. The van der Waals surface area contributed by atoms with Gasteiger partial charge in [-0.2, -0.15) is 0 Å². The number of thiophene rings is 1. The first-order chi connectivity index (χ1) is 9.15. The van der Waals surface area contributed by atoms with Crippen molar-refractivity contribution in [3.63, 3.8) is 0 Å². The van der Waals surface area contributed by atoms with Crippen molar-refractivity contribution in [2.45, 2.75) is 17.9 Å². The maximum atomic E-state index is 11.8. The number of aromatic hydroxyl groups is 1. The van der Waals surface area contributed by atoms with Crippen LogP contribution in [0.2, 0.25) is 0 Å². The Hall–Kier alpha value is -1.46. The van der Waals surface area contributed by atoms with Crippen LogP contribution in [-0.4, -0.2) is 16.8 Å². The molecule has 0 saturated heterocycles. The SMILES string of the molecule is CC(NC(=O)CSc1cccc(O)c1)c1cccs1. The van der Waals surface area contributed by atoms with Crippen LogP contribution < -0.4 is 5.32 Å². The highest BCUT2D eigenvalue weighted by Crippen LogP contribution is 2.22. The number of hydrogen-bond donors (Lipinski definition) is 2. The number of rotatable bonds is 5. The monoisotopic (exact) mass is 293 g/mol. The number of phenolic OH excluding ortho intramolecular Hbond substituents is 1. The molecule has 100 valence electrons. The predicted molar refractivity (Wildman–Crippen MR) is 79.7 cm³/mol. The normalized spacial score (nSPS) is 12.1. The maximum absolute atomic E-state index is 11.8. The van der Waals surface area contributed by atoms with Crippen LogP contribution in [0.3, 0.4) is 0 Å². The van der Waals surface area contributed by atoms with E-state index in [0.717, 1.165) is 9.77 Å². The highest BCUT2D eigenvalue weighted by molar-refractivity contribution is 8.00. The van der Waals surface area contributed by atoms with Crippen molar-refractivity contribution in [1.29, 1.82) is 0 Å². The Bertz CT molecular complexity index is 540. The van der Waals surface area contributed by atoms with Gasteiger partial charge in [0.25, 0.3) is 0 Å². The average Bonchev–Trinajstić information content (AvgIpc) is 2.90. The van der Waals surface area contributed by atoms with E-state index in [2.05, 4.69) is 5.32 Å². The van der Waals surface area contributed by atoms with Crippen molar-refractivity contribution in [3.05, 3.63) is 46.7 Å². The Morgan fingerprint density at radius 3 is 2.95 bits per heavy atom. The molecule has 0 radical (unpaired) electrons. The third-order valence-corrected chi connectivity index (χ3v) is 4.58. The lowest BCUT2D eigenvalue weighted by atomic mass is 10.3. The van der Waals surface area contributed by atoms with Crippen LogP contribution in [0, 0.1) is 0 Å². The summed E-state index contributed by atoms with van der Waals surface area (Å²) in [5.74, 6) is 0.561.